The highest BCUT2D eigenvalue weighted by Crippen LogP contribution is 2.30. The molecule has 1 atom stereocenters. The van der Waals surface area contributed by atoms with Gasteiger partial charge >= 0.3 is 0 Å². The van der Waals surface area contributed by atoms with Crippen molar-refractivity contribution in [2.24, 2.45) is 0 Å². The van der Waals surface area contributed by atoms with Crippen molar-refractivity contribution in [2.75, 3.05) is 10.0 Å². The number of fused-ring (bicyclic) bond motifs is 2. The second-order valence-corrected chi connectivity index (χ2v) is 7.88. The van der Waals surface area contributed by atoms with Gasteiger partial charge in [0.05, 0.1) is 10.6 Å². The van der Waals surface area contributed by atoms with Gasteiger partial charge in [-0.25, -0.2) is 8.42 Å². The standard InChI is InChI=1S/C19H18N2O2S/c1-13-11-15-12-16(9-10-18(15)20-13)24(22,23)21-19-8-4-6-14-5-2-3-7-17(14)19/h2-10,12-13,20-21H,11H2,1H3. The maximum absolute atomic E-state index is 12.8. The molecule has 24 heavy (non-hydrogen) atoms. The Morgan fingerprint density at radius 3 is 2.71 bits per heavy atom. The summed E-state index contributed by atoms with van der Waals surface area (Å²) in [5.41, 5.74) is 2.66. The molecular formula is C19H18N2O2S. The van der Waals surface area contributed by atoms with E-state index in [9.17, 15) is 8.42 Å². The highest BCUT2D eigenvalue weighted by Gasteiger charge is 2.21. The third kappa shape index (κ3) is 2.61. The first-order valence-corrected chi connectivity index (χ1v) is 9.41. The van der Waals surface area contributed by atoms with Crippen molar-refractivity contribution in [3.63, 3.8) is 0 Å². The highest BCUT2D eigenvalue weighted by molar-refractivity contribution is 7.92. The van der Waals surface area contributed by atoms with Crippen LogP contribution < -0.4 is 10.0 Å². The summed E-state index contributed by atoms with van der Waals surface area (Å²) < 4.78 is 28.3. The van der Waals surface area contributed by atoms with Gasteiger partial charge in [0.1, 0.15) is 0 Å². The van der Waals surface area contributed by atoms with E-state index in [2.05, 4.69) is 17.0 Å². The molecule has 3 aromatic carbocycles. The van der Waals surface area contributed by atoms with Crippen molar-refractivity contribution in [3.05, 3.63) is 66.2 Å². The second-order valence-electron chi connectivity index (χ2n) is 6.20. The number of rotatable bonds is 3. The maximum atomic E-state index is 12.8. The van der Waals surface area contributed by atoms with Crippen LogP contribution in [0.1, 0.15) is 12.5 Å². The monoisotopic (exact) mass is 338 g/mol. The van der Waals surface area contributed by atoms with Gasteiger partial charge in [0.25, 0.3) is 10.0 Å². The number of sulfonamides is 1. The highest BCUT2D eigenvalue weighted by atomic mass is 32.2. The molecule has 0 aliphatic carbocycles. The molecule has 0 radical (unpaired) electrons. The molecule has 1 aliphatic rings. The zero-order valence-electron chi connectivity index (χ0n) is 13.3. The molecule has 1 aliphatic heterocycles. The Balaban J connectivity index is 1.72. The third-order valence-electron chi connectivity index (χ3n) is 4.35. The minimum Gasteiger partial charge on any atom is -0.382 e. The van der Waals surface area contributed by atoms with Crippen molar-refractivity contribution < 1.29 is 8.42 Å². The molecule has 3 aromatic rings. The number of hydrogen-bond acceptors (Lipinski definition) is 3. The van der Waals surface area contributed by atoms with Crippen LogP contribution in [0.25, 0.3) is 10.8 Å². The fraction of sp³-hybridized carbons (Fsp3) is 0.158. The molecule has 0 spiro atoms. The summed E-state index contributed by atoms with van der Waals surface area (Å²) in [6.07, 6.45) is 0.840. The van der Waals surface area contributed by atoms with Crippen LogP contribution in [0.15, 0.2) is 65.6 Å². The van der Waals surface area contributed by atoms with Crippen molar-refractivity contribution in [3.8, 4) is 0 Å². The summed E-state index contributed by atoms with van der Waals surface area (Å²) in [7, 11) is -3.62. The first kappa shape index (κ1) is 15.0. The molecule has 0 saturated heterocycles. The molecule has 0 amide bonds. The first-order chi connectivity index (χ1) is 11.5. The molecule has 0 fully saturated rings. The fourth-order valence-corrected chi connectivity index (χ4v) is 4.34. The van der Waals surface area contributed by atoms with Crippen molar-refractivity contribution >= 4 is 32.2 Å². The van der Waals surface area contributed by atoms with Crippen molar-refractivity contribution in [1.82, 2.24) is 0 Å². The first-order valence-electron chi connectivity index (χ1n) is 7.93. The Labute approximate surface area is 141 Å². The lowest BCUT2D eigenvalue weighted by molar-refractivity contribution is 0.601. The van der Waals surface area contributed by atoms with Crippen LogP contribution in [0.2, 0.25) is 0 Å². The van der Waals surface area contributed by atoms with E-state index in [-0.39, 0.29) is 0 Å². The number of nitrogens with one attached hydrogen (secondary N) is 2. The lowest BCUT2D eigenvalue weighted by Gasteiger charge is -2.11. The zero-order chi connectivity index (χ0) is 16.7. The topological polar surface area (TPSA) is 58.2 Å². The lowest BCUT2D eigenvalue weighted by atomic mass is 10.1. The molecular weight excluding hydrogens is 320 g/mol. The average molecular weight is 338 g/mol. The summed E-state index contributed by atoms with van der Waals surface area (Å²) >= 11 is 0. The minimum atomic E-state index is -3.62. The van der Waals surface area contributed by atoms with E-state index in [1.54, 1.807) is 18.2 Å². The van der Waals surface area contributed by atoms with Gasteiger partial charge in [-0.1, -0.05) is 36.4 Å². The molecule has 4 nitrogen and oxygen atoms in total. The van der Waals surface area contributed by atoms with Gasteiger partial charge in [0.2, 0.25) is 0 Å². The SMILES string of the molecule is CC1Cc2cc(S(=O)(=O)Nc3cccc4ccccc34)ccc2N1. The third-order valence-corrected chi connectivity index (χ3v) is 5.71. The summed E-state index contributed by atoms with van der Waals surface area (Å²) in [6.45, 7) is 2.09. The van der Waals surface area contributed by atoms with E-state index in [0.717, 1.165) is 28.4 Å². The molecule has 5 heteroatoms. The second kappa shape index (κ2) is 5.53. The van der Waals surface area contributed by atoms with E-state index < -0.39 is 10.0 Å². The fourth-order valence-electron chi connectivity index (χ4n) is 3.21. The van der Waals surface area contributed by atoms with Gasteiger partial charge in [-0.15, -0.1) is 0 Å². The van der Waals surface area contributed by atoms with Gasteiger partial charge in [0.15, 0.2) is 0 Å². The van der Waals surface area contributed by atoms with E-state index in [1.165, 1.54) is 0 Å². The van der Waals surface area contributed by atoms with Crippen molar-refractivity contribution in [1.29, 1.82) is 0 Å². The normalized spacial score (nSPS) is 16.6. The predicted octanol–water partition coefficient (Wildman–Crippen LogP) is 4.00. The van der Waals surface area contributed by atoms with Crippen LogP contribution in [-0.4, -0.2) is 14.5 Å². The molecule has 1 unspecified atom stereocenters. The average Bonchev–Trinajstić information content (AvgIpc) is 2.94. The Morgan fingerprint density at radius 1 is 1.04 bits per heavy atom. The Hall–Kier alpha value is -2.53. The molecule has 0 bridgehead atoms. The van der Waals surface area contributed by atoms with Gasteiger partial charge in [-0.05, 0) is 48.6 Å². The quantitative estimate of drug-likeness (QED) is 0.759. The van der Waals surface area contributed by atoms with Crippen LogP contribution in [0.4, 0.5) is 11.4 Å². The van der Waals surface area contributed by atoms with Crippen LogP contribution in [-0.2, 0) is 16.4 Å². The summed E-state index contributed by atoms with van der Waals surface area (Å²) in [6, 6.07) is 18.9. The Bertz CT molecular complexity index is 1020. The van der Waals surface area contributed by atoms with E-state index in [0.29, 0.717) is 16.6 Å². The number of benzene rings is 3. The van der Waals surface area contributed by atoms with Crippen LogP contribution in [0, 0.1) is 0 Å². The van der Waals surface area contributed by atoms with Gasteiger partial charge in [0, 0.05) is 17.1 Å². The largest absolute Gasteiger partial charge is 0.382 e. The molecule has 4 rings (SSSR count). The minimum absolute atomic E-state index is 0.296. The van der Waals surface area contributed by atoms with E-state index in [4.69, 9.17) is 0 Å². The van der Waals surface area contributed by atoms with Crippen LogP contribution in [0.3, 0.4) is 0 Å². The van der Waals surface area contributed by atoms with Crippen LogP contribution >= 0.6 is 0 Å². The molecule has 122 valence electrons. The van der Waals surface area contributed by atoms with Gasteiger partial charge < -0.3 is 5.32 Å². The predicted molar refractivity (Wildman–Crippen MR) is 98.0 cm³/mol. The van der Waals surface area contributed by atoms with E-state index >= 15 is 0 Å². The molecule has 1 heterocycles. The smallest absolute Gasteiger partial charge is 0.261 e. The lowest BCUT2D eigenvalue weighted by Crippen LogP contribution is -2.13. The van der Waals surface area contributed by atoms with Crippen molar-refractivity contribution in [2.45, 2.75) is 24.3 Å². The summed E-state index contributed by atoms with van der Waals surface area (Å²) in [5, 5.41) is 5.23. The Morgan fingerprint density at radius 2 is 1.83 bits per heavy atom. The van der Waals surface area contributed by atoms with Crippen LogP contribution in [0.5, 0.6) is 0 Å². The number of hydrogen-bond donors (Lipinski definition) is 2. The zero-order valence-corrected chi connectivity index (χ0v) is 14.1. The Kier molecular flexibility index (Phi) is 3.46. The van der Waals surface area contributed by atoms with Gasteiger partial charge in [-0.3, -0.25) is 4.72 Å². The maximum Gasteiger partial charge on any atom is 0.261 e. The van der Waals surface area contributed by atoms with Gasteiger partial charge in [-0.2, -0.15) is 0 Å². The summed E-state index contributed by atoms with van der Waals surface area (Å²) in [4.78, 5) is 0.296. The number of anilines is 2. The summed E-state index contributed by atoms with van der Waals surface area (Å²) in [5.74, 6) is 0. The molecule has 2 N–H and O–H groups in total. The van der Waals surface area contributed by atoms with E-state index in [1.807, 2.05) is 42.5 Å². The molecule has 0 aromatic heterocycles. The molecule has 0 saturated carbocycles.